The molecule has 1 amide bonds. The van der Waals surface area contributed by atoms with Gasteiger partial charge in [0, 0.05) is 23.5 Å². The molecule has 30 heavy (non-hydrogen) atoms. The van der Waals surface area contributed by atoms with E-state index in [9.17, 15) is 14.4 Å². The Morgan fingerprint density at radius 1 is 1.33 bits per heavy atom. The number of rotatable bonds is 4. The summed E-state index contributed by atoms with van der Waals surface area (Å²) in [4.78, 5) is 15.0. The van der Waals surface area contributed by atoms with Gasteiger partial charge in [0.2, 0.25) is 0 Å². The van der Waals surface area contributed by atoms with Gasteiger partial charge in [-0.1, -0.05) is 6.92 Å². The maximum Gasteiger partial charge on any atom is 0.266 e. The van der Waals surface area contributed by atoms with Crippen molar-refractivity contribution < 1.29 is 9.18 Å². The van der Waals surface area contributed by atoms with E-state index in [1.165, 1.54) is 35.5 Å². The first-order valence-electron chi connectivity index (χ1n) is 10.3. The van der Waals surface area contributed by atoms with E-state index >= 15 is 0 Å². The molecule has 0 aliphatic carbocycles. The number of amides is 1. The van der Waals surface area contributed by atoms with Gasteiger partial charge in [0.05, 0.1) is 0 Å². The second kappa shape index (κ2) is 8.31. The predicted octanol–water partition coefficient (Wildman–Crippen LogP) is 5.79. The highest BCUT2D eigenvalue weighted by molar-refractivity contribution is 6.09. The van der Waals surface area contributed by atoms with Crippen LogP contribution in [0.4, 0.5) is 15.8 Å². The molecule has 5 heteroatoms. The van der Waals surface area contributed by atoms with Crippen LogP contribution >= 0.6 is 0 Å². The third-order valence-corrected chi connectivity index (χ3v) is 5.86. The average Bonchev–Trinajstić information content (AvgIpc) is 2.68. The van der Waals surface area contributed by atoms with Crippen molar-refractivity contribution in [1.29, 1.82) is 5.26 Å². The Labute approximate surface area is 178 Å². The van der Waals surface area contributed by atoms with Crippen LogP contribution in [0.5, 0.6) is 0 Å². The lowest BCUT2D eigenvalue weighted by molar-refractivity contribution is -0.112. The topological polar surface area (TPSA) is 56.1 Å². The molecule has 0 aromatic heterocycles. The van der Waals surface area contributed by atoms with Gasteiger partial charge in [-0.05, 0) is 99.2 Å². The van der Waals surface area contributed by atoms with Crippen LogP contribution in [-0.4, -0.2) is 18.0 Å². The van der Waals surface area contributed by atoms with Gasteiger partial charge in [-0.3, -0.25) is 4.79 Å². The number of carbonyl (C=O) groups excluding carboxylic acids is 1. The molecule has 0 spiro atoms. The van der Waals surface area contributed by atoms with E-state index in [0.29, 0.717) is 11.6 Å². The Morgan fingerprint density at radius 2 is 2.00 bits per heavy atom. The predicted molar refractivity (Wildman–Crippen MR) is 120 cm³/mol. The minimum atomic E-state index is -0.509. The third-order valence-electron chi connectivity index (χ3n) is 5.86. The minimum Gasteiger partial charge on any atom is -0.366 e. The van der Waals surface area contributed by atoms with Gasteiger partial charge in [-0.15, -0.1) is 0 Å². The number of nitrogens with zero attached hydrogens (tertiary/aromatic N) is 2. The molecule has 3 rings (SSSR count). The monoisotopic (exact) mass is 405 g/mol. The zero-order chi connectivity index (χ0) is 22.1. The molecule has 0 bridgehead atoms. The van der Waals surface area contributed by atoms with E-state index in [2.05, 4.69) is 50.0 Å². The lowest BCUT2D eigenvalue weighted by Gasteiger charge is -2.47. The second-order valence-electron chi connectivity index (χ2n) is 8.56. The second-order valence-corrected chi connectivity index (χ2v) is 8.56. The number of benzene rings is 2. The first kappa shape index (κ1) is 21.6. The molecule has 1 N–H and O–H groups in total. The fourth-order valence-corrected chi connectivity index (χ4v) is 4.44. The lowest BCUT2D eigenvalue weighted by atomic mass is 9.79. The summed E-state index contributed by atoms with van der Waals surface area (Å²) >= 11 is 0. The van der Waals surface area contributed by atoms with Crippen molar-refractivity contribution in [3.05, 3.63) is 64.5 Å². The highest BCUT2D eigenvalue weighted by Gasteiger charge is 2.35. The van der Waals surface area contributed by atoms with Crippen molar-refractivity contribution in [1.82, 2.24) is 0 Å². The highest BCUT2D eigenvalue weighted by Crippen LogP contribution is 2.44. The number of nitrogens with one attached hydrogen (secondary N) is 1. The molecule has 0 unspecified atom stereocenters. The zero-order valence-electron chi connectivity index (χ0n) is 18.2. The summed E-state index contributed by atoms with van der Waals surface area (Å²) in [7, 11) is 0. The smallest absolute Gasteiger partial charge is 0.266 e. The quantitative estimate of drug-likeness (QED) is 0.517. The normalized spacial score (nSPS) is 17.8. The van der Waals surface area contributed by atoms with Crippen LogP contribution in [0, 0.1) is 24.1 Å². The number of aryl methyl sites for hydroxylation is 1. The summed E-state index contributed by atoms with van der Waals surface area (Å²) in [6.07, 6.45) is 2.67. The van der Waals surface area contributed by atoms with Crippen LogP contribution < -0.4 is 10.2 Å². The van der Waals surface area contributed by atoms with Crippen molar-refractivity contribution in [3.63, 3.8) is 0 Å². The fourth-order valence-electron chi connectivity index (χ4n) is 4.44. The summed E-state index contributed by atoms with van der Waals surface area (Å²) in [5.74, 6) is -0.512. The maximum atomic E-state index is 13.1. The molecule has 156 valence electrons. The summed E-state index contributed by atoms with van der Waals surface area (Å²) in [6.45, 7) is 11.9. The molecular formula is C25H28FN3O. The molecular weight excluding hydrogens is 377 g/mol. The summed E-state index contributed by atoms with van der Waals surface area (Å²) in [5, 5.41) is 12.2. The minimum absolute atomic E-state index is 0.0125. The molecule has 0 saturated carbocycles. The molecule has 1 aliphatic heterocycles. The van der Waals surface area contributed by atoms with Gasteiger partial charge in [0.25, 0.3) is 5.91 Å². The number of hydrogen-bond donors (Lipinski definition) is 1. The van der Waals surface area contributed by atoms with Gasteiger partial charge >= 0.3 is 0 Å². The Kier molecular flexibility index (Phi) is 5.98. The number of carbonyl (C=O) groups is 1. The van der Waals surface area contributed by atoms with Gasteiger partial charge in [0.15, 0.2) is 0 Å². The molecule has 0 saturated heterocycles. The maximum absolute atomic E-state index is 13.1. The van der Waals surface area contributed by atoms with E-state index < -0.39 is 5.91 Å². The molecule has 1 atom stereocenters. The summed E-state index contributed by atoms with van der Waals surface area (Å²) in [5.41, 5.74) is 4.88. The third kappa shape index (κ3) is 4.23. The van der Waals surface area contributed by atoms with E-state index in [0.717, 1.165) is 24.1 Å². The van der Waals surface area contributed by atoms with Gasteiger partial charge in [-0.25, -0.2) is 4.39 Å². The molecule has 2 aromatic rings. The SMILES string of the molecule is CCN1c2cc(C)c(/C=C(/C#N)C(=O)Nc3ccc(F)cc3)cc2[C@@H](C)CC1(C)C. The molecule has 0 fully saturated rings. The molecule has 2 aromatic carbocycles. The number of fused-ring (bicyclic) bond motifs is 1. The Hall–Kier alpha value is -3.13. The van der Waals surface area contributed by atoms with Crippen LogP contribution in [0.15, 0.2) is 42.0 Å². The van der Waals surface area contributed by atoms with E-state index in [-0.39, 0.29) is 16.9 Å². The first-order chi connectivity index (χ1) is 14.2. The Morgan fingerprint density at radius 3 is 2.60 bits per heavy atom. The number of halogens is 1. The van der Waals surface area contributed by atoms with E-state index in [4.69, 9.17) is 0 Å². The fraction of sp³-hybridized carbons (Fsp3) is 0.360. The number of hydrogen-bond acceptors (Lipinski definition) is 3. The van der Waals surface area contributed by atoms with Gasteiger partial charge in [-0.2, -0.15) is 5.26 Å². The number of nitriles is 1. The Bertz CT molecular complexity index is 1030. The highest BCUT2D eigenvalue weighted by atomic mass is 19.1. The van der Waals surface area contributed by atoms with Crippen molar-refractivity contribution in [2.24, 2.45) is 0 Å². The van der Waals surface area contributed by atoms with E-state index in [1.807, 2.05) is 13.0 Å². The molecule has 0 radical (unpaired) electrons. The van der Waals surface area contributed by atoms with Crippen LogP contribution in [0.3, 0.4) is 0 Å². The number of anilines is 2. The van der Waals surface area contributed by atoms with Gasteiger partial charge in [0.1, 0.15) is 17.5 Å². The van der Waals surface area contributed by atoms with Crippen molar-refractivity contribution in [2.75, 3.05) is 16.8 Å². The van der Waals surface area contributed by atoms with Crippen LogP contribution in [0.2, 0.25) is 0 Å². The average molecular weight is 406 g/mol. The van der Waals surface area contributed by atoms with Crippen molar-refractivity contribution >= 4 is 23.4 Å². The largest absolute Gasteiger partial charge is 0.366 e. The lowest BCUT2D eigenvalue weighted by Crippen LogP contribution is -2.48. The van der Waals surface area contributed by atoms with Crippen LogP contribution in [0.1, 0.15) is 56.7 Å². The molecule has 1 aliphatic rings. The van der Waals surface area contributed by atoms with Gasteiger partial charge < -0.3 is 10.2 Å². The summed E-state index contributed by atoms with van der Waals surface area (Å²) < 4.78 is 13.1. The van der Waals surface area contributed by atoms with Crippen LogP contribution in [0.25, 0.3) is 6.08 Å². The van der Waals surface area contributed by atoms with Crippen LogP contribution in [-0.2, 0) is 4.79 Å². The standard InChI is InChI=1S/C25H28FN3O/c1-6-29-23-11-16(2)18(13-22(23)17(3)14-25(29,4)5)12-19(15-27)24(30)28-21-9-7-20(26)8-10-21/h7-13,17H,6,14H2,1-5H3,(H,28,30)/b19-12-/t17-/m0/s1. The van der Waals surface area contributed by atoms with Crippen molar-refractivity contribution in [2.45, 2.75) is 52.5 Å². The summed E-state index contributed by atoms with van der Waals surface area (Å²) in [6, 6.07) is 11.7. The first-order valence-corrected chi connectivity index (χ1v) is 10.3. The van der Waals surface area contributed by atoms with E-state index in [1.54, 1.807) is 6.08 Å². The van der Waals surface area contributed by atoms with Crippen molar-refractivity contribution in [3.8, 4) is 6.07 Å². The Balaban J connectivity index is 1.96. The zero-order valence-corrected chi connectivity index (χ0v) is 18.2. The molecule has 1 heterocycles. The molecule has 4 nitrogen and oxygen atoms in total.